The van der Waals surface area contributed by atoms with Crippen molar-refractivity contribution in [3.05, 3.63) is 18.2 Å². The van der Waals surface area contributed by atoms with Crippen LogP contribution in [0.15, 0.2) is 18.2 Å². The number of hydrogen-bond donors (Lipinski definition) is 0. The molecule has 0 amide bonds. The van der Waals surface area contributed by atoms with Gasteiger partial charge in [-0.3, -0.25) is 0 Å². The number of rotatable bonds is 5. The first-order valence-electron chi connectivity index (χ1n) is 6.91. The second kappa shape index (κ2) is 6.76. The van der Waals surface area contributed by atoms with Crippen LogP contribution in [0.4, 0.5) is 32.0 Å². The van der Waals surface area contributed by atoms with Crippen molar-refractivity contribution < 1.29 is 35.8 Å². The van der Waals surface area contributed by atoms with E-state index in [1.165, 1.54) is 12.1 Å². The summed E-state index contributed by atoms with van der Waals surface area (Å²) in [5.74, 6) is -0.354. The van der Waals surface area contributed by atoms with Crippen molar-refractivity contribution in [2.75, 3.05) is 31.2 Å². The van der Waals surface area contributed by atoms with Crippen LogP contribution in [-0.4, -0.2) is 38.7 Å². The minimum Gasteiger partial charge on any atom is -0.484 e. The molecule has 0 aliphatic carbocycles. The predicted molar refractivity (Wildman–Crippen MR) is 71.0 cm³/mol. The number of alkyl halides is 6. The molecule has 1 aromatic carbocycles. The highest BCUT2D eigenvalue weighted by atomic mass is 19.4. The van der Waals surface area contributed by atoms with Gasteiger partial charge in [-0.25, -0.2) is 0 Å². The molecule has 0 atom stereocenters. The zero-order valence-corrected chi connectivity index (χ0v) is 12.0. The predicted octanol–water partition coefficient (Wildman–Crippen LogP) is 4.17. The van der Waals surface area contributed by atoms with Gasteiger partial charge in [0.25, 0.3) is 0 Å². The molecule has 0 unspecified atom stereocenters. The van der Waals surface area contributed by atoms with Crippen molar-refractivity contribution in [2.24, 2.45) is 0 Å². The molecule has 0 radical (unpaired) electrons. The maximum absolute atomic E-state index is 12.2. The number of hydrogen-bond acceptors (Lipinski definition) is 3. The van der Waals surface area contributed by atoms with E-state index in [0.717, 1.165) is 18.9 Å². The van der Waals surface area contributed by atoms with E-state index in [2.05, 4.69) is 9.47 Å². The van der Waals surface area contributed by atoms with E-state index < -0.39 is 25.6 Å². The summed E-state index contributed by atoms with van der Waals surface area (Å²) >= 11 is 0. The summed E-state index contributed by atoms with van der Waals surface area (Å²) < 4.78 is 82.7. The molecular formula is C14H15F6NO2. The lowest BCUT2D eigenvalue weighted by atomic mass is 10.2. The van der Waals surface area contributed by atoms with Crippen molar-refractivity contribution in [1.29, 1.82) is 0 Å². The van der Waals surface area contributed by atoms with Crippen LogP contribution < -0.4 is 14.4 Å². The standard InChI is InChI=1S/C14H15F6NO2/c15-13(16,17)8-22-11-5-10(21-3-1-2-4-21)6-12(7-11)23-9-14(18,19)20/h5-7H,1-4,8-9H2. The van der Waals surface area contributed by atoms with Gasteiger partial charge >= 0.3 is 12.4 Å². The summed E-state index contributed by atoms with van der Waals surface area (Å²) in [6.45, 7) is -1.67. The highest BCUT2D eigenvalue weighted by molar-refractivity contribution is 5.56. The third-order valence-electron chi connectivity index (χ3n) is 3.14. The topological polar surface area (TPSA) is 21.7 Å². The SMILES string of the molecule is FC(F)(F)COc1cc(OCC(F)(F)F)cc(N2CCCC2)c1. The fraction of sp³-hybridized carbons (Fsp3) is 0.571. The van der Waals surface area contributed by atoms with Gasteiger partial charge in [-0.05, 0) is 12.8 Å². The maximum atomic E-state index is 12.2. The zero-order valence-electron chi connectivity index (χ0n) is 12.0. The Morgan fingerprint density at radius 3 is 1.61 bits per heavy atom. The van der Waals surface area contributed by atoms with Gasteiger partial charge in [0.1, 0.15) is 11.5 Å². The Bertz CT molecular complexity index is 487. The van der Waals surface area contributed by atoms with E-state index in [1.54, 1.807) is 0 Å². The number of ether oxygens (including phenoxy) is 2. The average Bonchev–Trinajstić information content (AvgIpc) is 2.95. The highest BCUT2D eigenvalue weighted by Crippen LogP contribution is 2.32. The molecular weight excluding hydrogens is 328 g/mol. The van der Waals surface area contributed by atoms with Crippen molar-refractivity contribution in [3.63, 3.8) is 0 Å². The fourth-order valence-corrected chi connectivity index (χ4v) is 2.21. The molecule has 1 aliphatic heterocycles. The fourth-order valence-electron chi connectivity index (χ4n) is 2.21. The molecule has 1 aliphatic rings. The van der Waals surface area contributed by atoms with Crippen molar-refractivity contribution in [3.8, 4) is 11.5 Å². The number of benzene rings is 1. The van der Waals surface area contributed by atoms with Crippen LogP contribution in [0.25, 0.3) is 0 Å². The van der Waals surface area contributed by atoms with E-state index >= 15 is 0 Å². The van der Waals surface area contributed by atoms with Gasteiger partial charge in [0.05, 0.1) is 0 Å². The lowest BCUT2D eigenvalue weighted by Gasteiger charge is -2.20. The van der Waals surface area contributed by atoms with E-state index in [1.807, 2.05) is 4.90 Å². The Morgan fingerprint density at radius 1 is 0.783 bits per heavy atom. The molecule has 1 fully saturated rings. The average molecular weight is 343 g/mol. The summed E-state index contributed by atoms with van der Waals surface area (Å²) in [5.41, 5.74) is 0.486. The van der Waals surface area contributed by atoms with Crippen molar-refractivity contribution in [2.45, 2.75) is 25.2 Å². The number of halogens is 6. The van der Waals surface area contributed by atoms with Crippen molar-refractivity contribution in [1.82, 2.24) is 0 Å². The van der Waals surface area contributed by atoms with E-state index in [9.17, 15) is 26.3 Å². The summed E-state index contributed by atoms with van der Waals surface area (Å²) in [5, 5.41) is 0. The quantitative estimate of drug-likeness (QED) is 0.749. The molecule has 0 bridgehead atoms. The summed E-state index contributed by atoms with van der Waals surface area (Å²) in [6, 6.07) is 3.77. The third-order valence-corrected chi connectivity index (χ3v) is 3.14. The monoisotopic (exact) mass is 343 g/mol. The Labute approximate surface area is 128 Å². The molecule has 1 saturated heterocycles. The summed E-state index contributed by atoms with van der Waals surface area (Å²) in [7, 11) is 0. The van der Waals surface area contributed by atoms with E-state index in [-0.39, 0.29) is 11.5 Å². The molecule has 23 heavy (non-hydrogen) atoms. The zero-order chi connectivity index (χ0) is 17.1. The molecule has 1 aromatic rings. The van der Waals surface area contributed by atoms with Crippen LogP contribution in [0, 0.1) is 0 Å². The van der Waals surface area contributed by atoms with Gasteiger partial charge in [-0.2, -0.15) is 26.3 Å². The second-order valence-electron chi connectivity index (χ2n) is 5.16. The van der Waals surface area contributed by atoms with Crippen LogP contribution in [0.3, 0.4) is 0 Å². The minimum atomic E-state index is -4.53. The number of nitrogens with zero attached hydrogens (tertiary/aromatic N) is 1. The molecule has 9 heteroatoms. The molecule has 3 nitrogen and oxygen atoms in total. The molecule has 0 aromatic heterocycles. The Hall–Kier alpha value is -1.80. The van der Waals surface area contributed by atoms with E-state index in [4.69, 9.17) is 0 Å². The Kier molecular flexibility index (Phi) is 5.16. The van der Waals surface area contributed by atoms with Crippen LogP contribution in [0.1, 0.15) is 12.8 Å². The molecule has 2 rings (SSSR count). The van der Waals surface area contributed by atoms with Crippen molar-refractivity contribution >= 4 is 5.69 Å². The Morgan fingerprint density at radius 2 is 1.22 bits per heavy atom. The second-order valence-corrected chi connectivity index (χ2v) is 5.16. The van der Waals surface area contributed by atoms with Gasteiger partial charge < -0.3 is 14.4 Å². The van der Waals surface area contributed by atoms with Crippen LogP contribution in [0.5, 0.6) is 11.5 Å². The first kappa shape index (κ1) is 17.6. The molecule has 0 spiro atoms. The highest BCUT2D eigenvalue weighted by Gasteiger charge is 2.30. The molecule has 0 N–H and O–H groups in total. The van der Waals surface area contributed by atoms with Crippen LogP contribution in [-0.2, 0) is 0 Å². The normalized spacial score (nSPS) is 15.8. The number of anilines is 1. The van der Waals surface area contributed by atoms with Gasteiger partial charge in [-0.1, -0.05) is 0 Å². The third kappa shape index (κ3) is 6.07. The van der Waals surface area contributed by atoms with Gasteiger partial charge in [-0.15, -0.1) is 0 Å². The van der Waals surface area contributed by atoms with Crippen LogP contribution in [0.2, 0.25) is 0 Å². The smallest absolute Gasteiger partial charge is 0.422 e. The molecule has 1 heterocycles. The first-order chi connectivity index (χ1) is 10.6. The lowest BCUT2D eigenvalue weighted by molar-refractivity contribution is -0.153. The maximum Gasteiger partial charge on any atom is 0.422 e. The van der Waals surface area contributed by atoms with Gasteiger partial charge in [0.15, 0.2) is 13.2 Å². The van der Waals surface area contributed by atoms with Crippen LogP contribution >= 0.6 is 0 Å². The minimum absolute atomic E-state index is 0.177. The summed E-state index contributed by atoms with van der Waals surface area (Å²) in [6.07, 6.45) is -7.24. The summed E-state index contributed by atoms with van der Waals surface area (Å²) in [4.78, 5) is 1.86. The molecule has 0 saturated carbocycles. The van der Waals surface area contributed by atoms with Gasteiger partial charge in [0.2, 0.25) is 0 Å². The van der Waals surface area contributed by atoms with Gasteiger partial charge in [0, 0.05) is 37.0 Å². The first-order valence-corrected chi connectivity index (χ1v) is 6.91. The Balaban J connectivity index is 2.16. The largest absolute Gasteiger partial charge is 0.484 e. The van der Waals surface area contributed by atoms with E-state index in [0.29, 0.717) is 18.8 Å². The molecule has 130 valence electrons. The lowest BCUT2D eigenvalue weighted by Crippen LogP contribution is -2.21.